The third kappa shape index (κ3) is 5.64. The fourth-order valence-electron chi connectivity index (χ4n) is 6.33. The van der Waals surface area contributed by atoms with E-state index in [0.717, 1.165) is 16.7 Å². The summed E-state index contributed by atoms with van der Waals surface area (Å²) >= 11 is 0. The van der Waals surface area contributed by atoms with Crippen LogP contribution in [0.3, 0.4) is 0 Å². The monoisotopic (exact) mass is 645 g/mol. The molecule has 0 radical (unpaired) electrons. The number of aromatic hydroxyl groups is 1. The number of carbonyl (C=O) groups is 1. The number of sulfone groups is 1. The number of aromatic nitrogens is 1. The average Bonchev–Trinajstić information content (AvgIpc) is 3.22. The van der Waals surface area contributed by atoms with Gasteiger partial charge in [0.2, 0.25) is 0 Å². The first kappa shape index (κ1) is 31.3. The van der Waals surface area contributed by atoms with Gasteiger partial charge in [-0.1, -0.05) is 38.1 Å². The Morgan fingerprint density at radius 3 is 2.54 bits per heavy atom. The van der Waals surface area contributed by atoms with Gasteiger partial charge in [-0.25, -0.2) is 17.8 Å². The van der Waals surface area contributed by atoms with Gasteiger partial charge in [0, 0.05) is 24.3 Å². The Labute approximate surface area is 267 Å². The molecule has 2 aliphatic rings. The van der Waals surface area contributed by atoms with Crippen molar-refractivity contribution in [2.24, 2.45) is 5.41 Å². The van der Waals surface area contributed by atoms with Crippen molar-refractivity contribution in [3.63, 3.8) is 0 Å². The number of ether oxygens (including phenoxy) is 1. The van der Waals surface area contributed by atoms with E-state index in [1.807, 2.05) is 45.9 Å². The largest absolute Gasteiger partial charge is 0.506 e. The van der Waals surface area contributed by atoms with Crippen LogP contribution in [0.1, 0.15) is 70.7 Å². The molecule has 0 aliphatic carbocycles. The van der Waals surface area contributed by atoms with Crippen molar-refractivity contribution in [3.8, 4) is 11.5 Å². The van der Waals surface area contributed by atoms with Crippen molar-refractivity contribution in [2.45, 2.75) is 60.6 Å². The fraction of sp³-hybridized carbons (Fsp3) is 0.314. The highest BCUT2D eigenvalue weighted by Gasteiger charge is 2.48. The van der Waals surface area contributed by atoms with E-state index in [1.165, 1.54) is 29.2 Å². The van der Waals surface area contributed by atoms with Crippen LogP contribution in [0.5, 0.6) is 11.5 Å². The van der Waals surface area contributed by atoms with Gasteiger partial charge < -0.3 is 19.6 Å². The summed E-state index contributed by atoms with van der Waals surface area (Å²) in [7, 11) is -4.08. The molecule has 240 valence electrons. The lowest BCUT2D eigenvalue weighted by Crippen LogP contribution is -2.41. The summed E-state index contributed by atoms with van der Waals surface area (Å²) in [6, 6.07) is 13.3. The molecular formula is C35H36FN3O6S. The van der Waals surface area contributed by atoms with E-state index in [9.17, 15) is 18.3 Å². The van der Waals surface area contributed by atoms with Gasteiger partial charge in [0.1, 0.15) is 41.4 Å². The molecule has 1 aromatic heterocycles. The van der Waals surface area contributed by atoms with Crippen LogP contribution < -0.4 is 15.0 Å². The van der Waals surface area contributed by atoms with Crippen molar-refractivity contribution in [2.75, 3.05) is 16.0 Å². The van der Waals surface area contributed by atoms with E-state index in [1.54, 1.807) is 26.0 Å². The zero-order valence-corrected chi connectivity index (χ0v) is 27.4. The van der Waals surface area contributed by atoms with E-state index in [4.69, 9.17) is 9.15 Å². The zero-order chi connectivity index (χ0) is 33.1. The zero-order valence-electron chi connectivity index (χ0n) is 26.6. The summed E-state index contributed by atoms with van der Waals surface area (Å²) < 4.78 is 56.3. The van der Waals surface area contributed by atoms with E-state index in [0.29, 0.717) is 0 Å². The maximum atomic E-state index is 16.4. The summed E-state index contributed by atoms with van der Waals surface area (Å²) in [5.41, 5.74) is 2.96. The van der Waals surface area contributed by atoms with Gasteiger partial charge in [-0.05, 0) is 73.6 Å². The molecule has 1 atom stereocenters. The molecule has 0 bridgehead atoms. The highest BCUT2D eigenvalue weighted by Crippen LogP contribution is 2.52. The van der Waals surface area contributed by atoms with Gasteiger partial charge in [0.05, 0.1) is 16.3 Å². The number of anilines is 2. The van der Waals surface area contributed by atoms with E-state index in [2.05, 4.69) is 10.3 Å². The maximum absolute atomic E-state index is 16.4. The van der Waals surface area contributed by atoms with Crippen molar-refractivity contribution in [1.82, 2.24) is 4.98 Å². The number of oxazole rings is 1. The minimum absolute atomic E-state index is 0.0527. The number of carbonyl (C=O) groups excluding carboxylic acids is 1. The number of phenols is 1. The van der Waals surface area contributed by atoms with Crippen molar-refractivity contribution in [1.29, 1.82) is 0 Å². The Kier molecular flexibility index (Phi) is 7.71. The van der Waals surface area contributed by atoms with E-state index >= 15 is 4.39 Å². The predicted octanol–water partition coefficient (Wildman–Crippen LogP) is 7.20. The van der Waals surface area contributed by atoms with Gasteiger partial charge in [0.25, 0.3) is 5.91 Å². The lowest BCUT2D eigenvalue weighted by atomic mass is 9.88. The molecule has 0 fully saturated rings. The number of benzene rings is 3. The molecule has 0 saturated carbocycles. The molecule has 6 rings (SSSR count). The highest BCUT2D eigenvalue weighted by atomic mass is 32.2. The molecule has 1 amide bonds. The third-order valence-corrected chi connectivity index (χ3v) is 10.8. The minimum atomic E-state index is -4.08. The third-order valence-electron chi connectivity index (χ3n) is 8.50. The minimum Gasteiger partial charge on any atom is -0.506 e. The first-order valence-electron chi connectivity index (χ1n) is 15.0. The Morgan fingerprint density at radius 2 is 1.87 bits per heavy atom. The first-order valence-corrected chi connectivity index (χ1v) is 16.6. The fourth-order valence-corrected chi connectivity index (χ4v) is 8.69. The van der Waals surface area contributed by atoms with Crippen LogP contribution in [0.2, 0.25) is 0 Å². The second-order valence-electron chi connectivity index (χ2n) is 12.8. The van der Waals surface area contributed by atoms with Gasteiger partial charge in [0.15, 0.2) is 21.4 Å². The number of fused-ring (bicyclic) bond motifs is 1. The molecule has 4 aromatic rings. The smallest absolute Gasteiger partial charge is 0.281 e. The number of halogens is 1. The molecule has 2 N–H and O–H groups in total. The van der Waals surface area contributed by atoms with Gasteiger partial charge in [-0.2, -0.15) is 0 Å². The number of allylic oxidation sites excluding steroid dienone is 1. The molecule has 3 heterocycles. The summed E-state index contributed by atoms with van der Waals surface area (Å²) in [4.78, 5) is 19.8. The first-order chi connectivity index (χ1) is 21.6. The molecule has 0 saturated heterocycles. The van der Waals surface area contributed by atoms with Crippen LogP contribution in [0, 0.1) is 38.9 Å². The number of para-hydroxylation sites is 1. The number of aryl methyl sites for hydroxylation is 4. The molecule has 1 unspecified atom stereocenters. The van der Waals surface area contributed by atoms with Gasteiger partial charge in [-0.15, -0.1) is 0 Å². The topological polar surface area (TPSA) is 122 Å². The number of hydrogen-bond donors (Lipinski definition) is 2. The highest BCUT2D eigenvalue weighted by molar-refractivity contribution is 7.95. The van der Waals surface area contributed by atoms with Crippen LogP contribution in [-0.4, -0.2) is 30.2 Å². The van der Waals surface area contributed by atoms with Gasteiger partial charge >= 0.3 is 0 Å². The standard InChI is InChI=1S/C35H36FN3O6S/c1-19-10-11-23(14-20(19)2)17-44-24-12-13-25(26(36)15-24)32-33-27(16-35(5,6)18-46(33,42)43)38-31-28(8-7-9-29(31)40)39(32)34(41)30-21(3)45-22(4)37-30/h7-15,32,38,40H,16-18H2,1-6H3. The summed E-state index contributed by atoms with van der Waals surface area (Å²) in [5.74, 6) is -1.19. The molecule has 11 heteroatoms. The second-order valence-corrected chi connectivity index (χ2v) is 14.8. The Morgan fingerprint density at radius 1 is 1.11 bits per heavy atom. The van der Waals surface area contributed by atoms with Crippen molar-refractivity contribution < 1.29 is 31.9 Å². The number of nitrogens with zero attached hydrogens (tertiary/aromatic N) is 2. The number of hydrogen-bond acceptors (Lipinski definition) is 8. The van der Waals surface area contributed by atoms with Crippen LogP contribution in [-0.2, 0) is 16.4 Å². The van der Waals surface area contributed by atoms with Crippen LogP contribution in [0.4, 0.5) is 15.8 Å². The summed E-state index contributed by atoms with van der Waals surface area (Å²) in [5, 5.41) is 14.1. The maximum Gasteiger partial charge on any atom is 0.281 e. The van der Waals surface area contributed by atoms with Gasteiger partial charge in [-0.3, -0.25) is 9.69 Å². The molecule has 2 aliphatic heterocycles. The number of phenolic OH excluding ortho intramolecular Hbond substituents is 1. The second kappa shape index (κ2) is 11.3. The van der Waals surface area contributed by atoms with Crippen LogP contribution in [0.25, 0.3) is 0 Å². The van der Waals surface area contributed by atoms with Crippen LogP contribution in [0.15, 0.2) is 69.6 Å². The molecular weight excluding hydrogens is 609 g/mol. The van der Waals surface area contributed by atoms with E-state index < -0.39 is 33.0 Å². The Bertz CT molecular complexity index is 2030. The Hall–Kier alpha value is -4.64. The number of nitrogens with one attached hydrogen (secondary N) is 1. The van der Waals surface area contributed by atoms with Crippen molar-refractivity contribution >= 4 is 27.1 Å². The molecule has 0 spiro atoms. The lowest BCUT2D eigenvalue weighted by molar-refractivity contribution is 0.0974. The molecule has 46 heavy (non-hydrogen) atoms. The van der Waals surface area contributed by atoms with Crippen molar-refractivity contribution in [3.05, 3.63) is 111 Å². The summed E-state index contributed by atoms with van der Waals surface area (Å²) in [6.45, 7) is 11.1. The molecule has 3 aromatic carbocycles. The quantitative estimate of drug-likeness (QED) is 0.219. The SMILES string of the molecule is Cc1nc(C(=O)N2c3cccc(O)c3NC3=C(C2c2ccc(OCc4ccc(C)c(C)c4)cc2F)S(=O)(=O)CC(C)(C)C3)c(C)o1. The average molecular weight is 646 g/mol. The predicted molar refractivity (Wildman–Crippen MR) is 173 cm³/mol. The summed E-state index contributed by atoms with van der Waals surface area (Å²) in [6.07, 6.45) is 0.273. The molecule has 9 nitrogen and oxygen atoms in total. The normalized spacial score (nSPS) is 18.3. The Balaban J connectivity index is 1.54. The lowest BCUT2D eigenvalue weighted by Gasteiger charge is -2.37. The number of rotatable bonds is 5. The van der Waals surface area contributed by atoms with E-state index in [-0.39, 0.29) is 75.2 Å². The number of amides is 1. The van der Waals surface area contributed by atoms with Crippen LogP contribution >= 0.6 is 0 Å².